The second-order valence-electron chi connectivity index (χ2n) is 4.65. The normalized spacial score (nSPS) is 12.2. The van der Waals surface area contributed by atoms with Crippen LogP contribution in [0.5, 0.6) is 0 Å². The summed E-state index contributed by atoms with van der Waals surface area (Å²) in [5, 5.41) is 1.79. The second-order valence-corrected chi connectivity index (χ2v) is 7.59. The summed E-state index contributed by atoms with van der Waals surface area (Å²) in [7, 11) is -4.37. The Hall–Kier alpha value is -1.62. The molecule has 0 unspecified atom stereocenters. The highest BCUT2D eigenvalue weighted by Crippen LogP contribution is 2.30. The number of amides is 1. The Morgan fingerprint density at radius 3 is 2.50 bits per heavy atom. The summed E-state index contributed by atoms with van der Waals surface area (Å²) in [5.41, 5.74) is 1.45. The van der Waals surface area contributed by atoms with E-state index in [0.29, 0.717) is 11.6 Å². The van der Waals surface area contributed by atoms with Crippen molar-refractivity contribution in [3.05, 3.63) is 50.7 Å². The molecule has 0 aliphatic carbocycles. The van der Waals surface area contributed by atoms with Crippen molar-refractivity contribution in [3.63, 3.8) is 0 Å². The number of hydrogen-bond donors (Lipinski definition) is 2. The van der Waals surface area contributed by atoms with Crippen molar-refractivity contribution in [1.29, 1.82) is 0 Å². The Labute approximate surface area is 144 Å². The van der Waals surface area contributed by atoms with Crippen molar-refractivity contribution in [2.24, 2.45) is 0 Å². The molecule has 0 saturated carbocycles. The number of rotatable bonds is 4. The van der Waals surface area contributed by atoms with Crippen LogP contribution in [0, 0.1) is 6.92 Å². The minimum atomic E-state index is -4.68. The molecule has 2 aromatic rings. The lowest BCUT2D eigenvalue weighted by Crippen LogP contribution is -2.41. The van der Waals surface area contributed by atoms with Gasteiger partial charge in [0.15, 0.2) is 0 Å². The fourth-order valence-corrected chi connectivity index (χ4v) is 3.71. The molecule has 1 aromatic carbocycles. The number of carbonyl (C=O) groups is 1. The quantitative estimate of drug-likeness (QED) is 0.775. The lowest BCUT2D eigenvalue weighted by atomic mass is 10.2. The standard InChI is InChI=1S/C13H10ClF3N2O3S2/c1-7-6-23-11(10(7)14)12(20)18-19-24(21,22)9-4-2-3-8(5-9)13(15,16)17/h2-6,19H,1H3,(H,18,20). The van der Waals surface area contributed by atoms with Gasteiger partial charge in [0, 0.05) is 0 Å². The molecule has 5 nitrogen and oxygen atoms in total. The first-order valence-corrected chi connectivity index (χ1v) is 8.99. The van der Waals surface area contributed by atoms with Gasteiger partial charge in [-0.1, -0.05) is 17.7 Å². The molecule has 24 heavy (non-hydrogen) atoms. The largest absolute Gasteiger partial charge is 0.416 e. The van der Waals surface area contributed by atoms with Gasteiger partial charge in [-0.15, -0.1) is 16.2 Å². The molecule has 0 bridgehead atoms. The van der Waals surface area contributed by atoms with Gasteiger partial charge in [-0.25, -0.2) is 8.42 Å². The number of thiophene rings is 1. The molecule has 0 saturated heterocycles. The summed E-state index contributed by atoms with van der Waals surface area (Å²) < 4.78 is 61.9. The number of alkyl halides is 3. The summed E-state index contributed by atoms with van der Waals surface area (Å²) in [6, 6.07) is 3.15. The van der Waals surface area contributed by atoms with E-state index < -0.39 is 32.6 Å². The molecule has 0 aliphatic heterocycles. The first kappa shape index (κ1) is 18.7. The fraction of sp³-hybridized carbons (Fsp3) is 0.154. The zero-order chi connectivity index (χ0) is 18.1. The molecule has 1 heterocycles. The van der Waals surface area contributed by atoms with Crippen LogP contribution in [-0.2, 0) is 16.2 Å². The monoisotopic (exact) mass is 398 g/mol. The van der Waals surface area contributed by atoms with Crippen molar-refractivity contribution in [2.75, 3.05) is 0 Å². The summed E-state index contributed by atoms with van der Waals surface area (Å²) in [5.74, 6) is -0.811. The fourth-order valence-electron chi connectivity index (χ4n) is 1.65. The van der Waals surface area contributed by atoms with E-state index in [1.54, 1.807) is 17.1 Å². The van der Waals surface area contributed by atoms with E-state index in [4.69, 9.17) is 11.6 Å². The average molecular weight is 399 g/mol. The first-order valence-electron chi connectivity index (χ1n) is 6.25. The number of carbonyl (C=O) groups excluding carboxylic acids is 1. The molecular weight excluding hydrogens is 389 g/mol. The molecule has 0 fully saturated rings. The number of sulfonamides is 1. The van der Waals surface area contributed by atoms with Crippen molar-refractivity contribution >= 4 is 38.9 Å². The third-order valence-electron chi connectivity index (χ3n) is 2.88. The van der Waals surface area contributed by atoms with Gasteiger partial charge >= 0.3 is 6.18 Å². The lowest BCUT2D eigenvalue weighted by molar-refractivity contribution is -0.137. The van der Waals surface area contributed by atoms with Crippen LogP contribution in [0.1, 0.15) is 20.8 Å². The van der Waals surface area contributed by atoms with Gasteiger partial charge in [-0.05, 0) is 36.1 Å². The van der Waals surface area contributed by atoms with E-state index in [1.165, 1.54) is 0 Å². The molecule has 2 N–H and O–H groups in total. The molecule has 2 rings (SSSR count). The molecule has 0 spiro atoms. The molecule has 1 amide bonds. The molecule has 0 atom stereocenters. The van der Waals surface area contributed by atoms with E-state index in [9.17, 15) is 26.4 Å². The predicted octanol–water partition coefficient (Wildman–Crippen LogP) is 3.35. The molecule has 130 valence electrons. The van der Waals surface area contributed by atoms with Crippen molar-refractivity contribution in [2.45, 2.75) is 18.0 Å². The van der Waals surface area contributed by atoms with E-state index in [-0.39, 0.29) is 9.90 Å². The van der Waals surface area contributed by atoms with Crippen LogP contribution in [-0.4, -0.2) is 14.3 Å². The van der Waals surface area contributed by atoms with E-state index in [0.717, 1.165) is 29.5 Å². The van der Waals surface area contributed by atoms with E-state index >= 15 is 0 Å². The third-order valence-corrected chi connectivity index (χ3v) is 5.82. The van der Waals surface area contributed by atoms with Crippen LogP contribution in [0.4, 0.5) is 13.2 Å². The first-order chi connectivity index (χ1) is 11.0. The Kier molecular flexibility index (Phi) is 5.23. The van der Waals surface area contributed by atoms with E-state index in [1.807, 2.05) is 5.43 Å². The van der Waals surface area contributed by atoms with E-state index in [2.05, 4.69) is 0 Å². The molecule has 1 aromatic heterocycles. The number of hydrogen-bond acceptors (Lipinski definition) is 4. The van der Waals surface area contributed by atoms with Gasteiger partial charge in [-0.2, -0.15) is 13.2 Å². The predicted molar refractivity (Wildman–Crippen MR) is 83.3 cm³/mol. The summed E-state index contributed by atoms with van der Waals surface area (Å²) in [6.45, 7) is 1.67. The molecule has 0 aliphatic rings. The number of halogens is 4. The second kappa shape index (κ2) is 6.71. The highest BCUT2D eigenvalue weighted by molar-refractivity contribution is 7.89. The van der Waals surface area contributed by atoms with Gasteiger partial charge in [0.05, 0.1) is 15.5 Å². The zero-order valence-corrected chi connectivity index (χ0v) is 14.3. The number of nitrogens with one attached hydrogen (secondary N) is 2. The Bertz CT molecular complexity index is 879. The maximum Gasteiger partial charge on any atom is 0.416 e. The SMILES string of the molecule is Cc1csc(C(=O)NNS(=O)(=O)c2cccc(C(F)(F)F)c2)c1Cl. The number of aryl methyl sites for hydroxylation is 1. The van der Waals surface area contributed by atoms with Crippen LogP contribution < -0.4 is 10.3 Å². The third kappa shape index (κ3) is 4.07. The van der Waals surface area contributed by atoms with Gasteiger partial charge < -0.3 is 0 Å². The number of hydrazine groups is 1. The maximum absolute atomic E-state index is 12.6. The number of benzene rings is 1. The minimum absolute atomic E-state index is 0.0842. The Morgan fingerprint density at radius 1 is 1.29 bits per heavy atom. The minimum Gasteiger partial charge on any atom is -0.273 e. The molecule has 11 heteroatoms. The Morgan fingerprint density at radius 2 is 1.96 bits per heavy atom. The lowest BCUT2D eigenvalue weighted by Gasteiger charge is -2.11. The molecule has 0 radical (unpaired) electrons. The van der Waals surface area contributed by atoms with Crippen molar-refractivity contribution in [1.82, 2.24) is 10.3 Å². The smallest absolute Gasteiger partial charge is 0.273 e. The van der Waals surface area contributed by atoms with Crippen LogP contribution in [0.15, 0.2) is 34.5 Å². The van der Waals surface area contributed by atoms with Crippen molar-refractivity contribution < 1.29 is 26.4 Å². The van der Waals surface area contributed by atoms with Crippen LogP contribution >= 0.6 is 22.9 Å². The maximum atomic E-state index is 12.6. The average Bonchev–Trinajstić information content (AvgIpc) is 2.84. The van der Waals surface area contributed by atoms with Crippen LogP contribution in [0.2, 0.25) is 5.02 Å². The highest BCUT2D eigenvalue weighted by atomic mass is 35.5. The zero-order valence-electron chi connectivity index (χ0n) is 11.9. The van der Waals surface area contributed by atoms with Gasteiger partial charge in [0.2, 0.25) is 0 Å². The molecular formula is C13H10ClF3N2O3S2. The topological polar surface area (TPSA) is 75.3 Å². The van der Waals surface area contributed by atoms with Gasteiger partial charge in [0.1, 0.15) is 4.88 Å². The van der Waals surface area contributed by atoms with Gasteiger partial charge in [-0.3, -0.25) is 10.2 Å². The van der Waals surface area contributed by atoms with Crippen LogP contribution in [0.3, 0.4) is 0 Å². The van der Waals surface area contributed by atoms with Crippen LogP contribution in [0.25, 0.3) is 0 Å². The van der Waals surface area contributed by atoms with Crippen molar-refractivity contribution in [3.8, 4) is 0 Å². The summed E-state index contributed by atoms with van der Waals surface area (Å²) in [4.78, 5) is 13.1. The Balaban J connectivity index is 2.17. The summed E-state index contributed by atoms with van der Waals surface area (Å²) in [6.07, 6.45) is -4.68. The van der Waals surface area contributed by atoms with Gasteiger partial charge in [0.25, 0.3) is 15.9 Å². The highest BCUT2D eigenvalue weighted by Gasteiger charge is 2.31. The summed E-state index contributed by atoms with van der Waals surface area (Å²) >= 11 is 6.90.